The fourth-order valence-corrected chi connectivity index (χ4v) is 3.75. The van der Waals surface area contributed by atoms with Gasteiger partial charge in [0.05, 0.1) is 18.4 Å². The Morgan fingerprint density at radius 3 is 2.62 bits per heavy atom. The summed E-state index contributed by atoms with van der Waals surface area (Å²) in [4.78, 5) is 21.2. The number of carbonyl (C=O) groups is 1. The minimum atomic E-state index is -0.297. The summed E-state index contributed by atoms with van der Waals surface area (Å²) < 4.78 is 16.4. The maximum absolute atomic E-state index is 12.3. The normalized spacial score (nSPS) is 10.9. The van der Waals surface area contributed by atoms with Gasteiger partial charge in [0.2, 0.25) is 5.82 Å². The van der Waals surface area contributed by atoms with Crippen LogP contribution in [0.3, 0.4) is 0 Å². The molecule has 8 nitrogen and oxygen atoms in total. The molecule has 0 spiro atoms. The molecule has 2 aromatic carbocycles. The monoisotopic (exact) mass is 450 g/mol. The number of aromatic nitrogens is 3. The van der Waals surface area contributed by atoms with Gasteiger partial charge in [-0.05, 0) is 42.3 Å². The Hall–Kier alpha value is -3.72. The van der Waals surface area contributed by atoms with Crippen molar-refractivity contribution in [2.45, 2.75) is 19.8 Å². The van der Waals surface area contributed by atoms with Crippen molar-refractivity contribution in [1.29, 1.82) is 0 Å². The molecule has 0 fully saturated rings. The summed E-state index contributed by atoms with van der Waals surface area (Å²) in [7, 11) is 1.61. The van der Waals surface area contributed by atoms with E-state index in [1.54, 1.807) is 19.2 Å². The number of amides is 1. The van der Waals surface area contributed by atoms with E-state index in [9.17, 15) is 4.79 Å². The Labute approximate surface area is 189 Å². The van der Waals surface area contributed by atoms with Crippen molar-refractivity contribution in [3.8, 4) is 34.3 Å². The molecule has 0 aliphatic rings. The lowest BCUT2D eigenvalue weighted by atomic mass is 10.2. The first-order chi connectivity index (χ1) is 15.5. The molecule has 164 valence electrons. The summed E-state index contributed by atoms with van der Waals surface area (Å²) in [6.07, 6.45) is 0. The molecule has 0 aliphatic carbocycles. The van der Waals surface area contributed by atoms with Crippen LogP contribution in [-0.4, -0.2) is 34.7 Å². The van der Waals surface area contributed by atoms with Gasteiger partial charge in [0.1, 0.15) is 11.5 Å². The number of methoxy groups -OCH3 is 1. The lowest BCUT2D eigenvalue weighted by Gasteiger charge is -2.08. The summed E-state index contributed by atoms with van der Waals surface area (Å²) in [5.41, 5.74) is 2.34. The largest absolute Gasteiger partial charge is 0.497 e. The lowest BCUT2D eigenvalue weighted by molar-refractivity contribution is -0.118. The van der Waals surface area contributed by atoms with Crippen LogP contribution in [0, 0.1) is 0 Å². The number of carbonyl (C=O) groups excluding carboxylic acids is 1. The molecule has 0 saturated heterocycles. The fourth-order valence-electron chi connectivity index (χ4n) is 2.87. The van der Waals surface area contributed by atoms with Gasteiger partial charge >= 0.3 is 0 Å². The topological polar surface area (TPSA) is 99.4 Å². The maximum atomic E-state index is 12.3. The van der Waals surface area contributed by atoms with E-state index in [0.717, 1.165) is 17.0 Å². The first kappa shape index (κ1) is 21.5. The summed E-state index contributed by atoms with van der Waals surface area (Å²) in [6.45, 7) is 3.93. The number of ether oxygens (including phenoxy) is 2. The molecule has 0 bridgehead atoms. The Kier molecular flexibility index (Phi) is 6.46. The first-order valence-corrected chi connectivity index (χ1v) is 10.9. The van der Waals surface area contributed by atoms with Gasteiger partial charge in [-0.1, -0.05) is 31.1 Å². The molecule has 9 heteroatoms. The quantitative estimate of drug-likeness (QED) is 0.403. The van der Waals surface area contributed by atoms with Crippen molar-refractivity contribution < 1.29 is 18.8 Å². The van der Waals surface area contributed by atoms with Gasteiger partial charge in [0.25, 0.3) is 11.8 Å². The first-order valence-electron chi connectivity index (χ1n) is 9.99. The van der Waals surface area contributed by atoms with E-state index < -0.39 is 0 Å². The molecule has 0 saturated carbocycles. The number of rotatable bonds is 8. The van der Waals surface area contributed by atoms with E-state index >= 15 is 0 Å². The zero-order valence-corrected chi connectivity index (χ0v) is 18.7. The molecule has 0 unspecified atom stereocenters. The van der Waals surface area contributed by atoms with Crippen molar-refractivity contribution in [3.63, 3.8) is 0 Å². The van der Waals surface area contributed by atoms with E-state index in [1.165, 1.54) is 11.3 Å². The van der Waals surface area contributed by atoms with E-state index in [2.05, 4.69) is 34.3 Å². The maximum Gasteiger partial charge on any atom is 0.264 e. The van der Waals surface area contributed by atoms with Crippen molar-refractivity contribution in [2.24, 2.45) is 0 Å². The van der Waals surface area contributed by atoms with E-state index in [0.29, 0.717) is 34.1 Å². The van der Waals surface area contributed by atoms with E-state index in [-0.39, 0.29) is 12.5 Å². The van der Waals surface area contributed by atoms with Gasteiger partial charge in [0, 0.05) is 10.9 Å². The molecule has 2 aromatic heterocycles. The predicted molar refractivity (Wildman–Crippen MR) is 122 cm³/mol. The molecule has 0 aliphatic heterocycles. The van der Waals surface area contributed by atoms with Gasteiger partial charge in [-0.2, -0.15) is 4.98 Å². The lowest BCUT2D eigenvalue weighted by Crippen LogP contribution is -2.20. The van der Waals surface area contributed by atoms with Crippen LogP contribution in [0.25, 0.3) is 22.8 Å². The highest BCUT2D eigenvalue weighted by Crippen LogP contribution is 2.30. The average Bonchev–Trinajstić information content (AvgIpc) is 3.48. The fraction of sp³-hybridized carbons (Fsp3) is 0.217. The Bertz CT molecular complexity index is 1200. The van der Waals surface area contributed by atoms with Crippen LogP contribution in [0.5, 0.6) is 11.5 Å². The van der Waals surface area contributed by atoms with E-state index in [1.807, 2.05) is 41.8 Å². The second-order valence-corrected chi connectivity index (χ2v) is 8.07. The number of hydrogen-bond acceptors (Lipinski definition) is 8. The number of nitrogens with zero attached hydrogens (tertiary/aromatic N) is 3. The molecule has 0 atom stereocenters. The Morgan fingerprint density at radius 2 is 1.91 bits per heavy atom. The molecular formula is C23H22N4O4S. The summed E-state index contributed by atoms with van der Waals surface area (Å²) >= 11 is 1.39. The summed E-state index contributed by atoms with van der Waals surface area (Å²) in [5.74, 6) is 1.96. The van der Waals surface area contributed by atoms with Crippen molar-refractivity contribution >= 4 is 22.4 Å². The zero-order valence-electron chi connectivity index (χ0n) is 17.9. The number of thiazole rings is 1. The van der Waals surface area contributed by atoms with E-state index in [4.69, 9.17) is 14.0 Å². The molecule has 32 heavy (non-hydrogen) atoms. The highest BCUT2D eigenvalue weighted by Gasteiger charge is 2.16. The van der Waals surface area contributed by atoms with Crippen LogP contribution in [0.2, 0.25) is 0 Å². The van der Waals surface area contributed by atoms with Crippen LogP contribution < -0.4 is 14.8 Å². The van der Waals surface area contributed by atoms with Crippen LogP contribution >= 0.6 is 11.3 Å². The van der Waals surface area contributed by atoms with Gasteiger partial charge in [-0.3, -0.25) is 10.1 Å². The predicted octanol–water partition coefficient (Wildman–Crippen LogP) is 5.01. The van der Waals surface area contributed by atoms with Gasteiger partial charge in [-0.25, -0.2) is 4.98 Å². The number of benzene rings is 2. The van der Waals surface area contributed by atoms with Gasteiger partial charge < -0.3 is 14.0 Å². The third-order valence-corrected chi connectivity index (χ3v) is 5.39. The second-order valence-electron chi connectivity index (χ2n) is 7.22. The smallest absolute Gasteiger partial charge is 0.264 e. The van der Waals surface area contributed by atoms with Crippen molar-refractivity contribution in [3.05, 3.63) is 59.6 Å². The van der Waals surface area contributed by atoms with Gasteiger partial charge in [0.15, 0.2) is 11.7 Å². The average molecular weight is 451 g/mol. The number of anilines is 1. The molecule has 2 heterocycles. The van der Waals surface area contributed by atoms with Crippen LogP contribution in [0.4, 0.5) is 5.13 Å². The third-order valence-electron chi connectivity index (χ3n) is 4.61. The third kappa shape index (κ3) is 4.94. The molecule has 4 aromatic rings. The van der Waals surface area contributed by atoms with Crippen LogP contribution in [0.1, 0.15) is 25.5 Å². The zero-order chi connectivity index (χ0) is 22.5. The SMILES string of the molecule is COc1ccc(-c2noc(-c3ccccc3OCC(=O)Nc3nc(C(C)C)cs3)n2)cc1. The highest BCUT2D eigenvalue weighted by atomic mass is 32.1. The minimum absolute atomic E-state index is 0.174. The Balaban J connectivity index is 1.44. The van der Waals surface area contributed by atoms with Crippen molar-refractivity contribution in [1.82, 2.24) is 15.1 Å². The van der Waals surface area contributed by atoms with Crippen molar-refractivity contribution in [2.75, 3.05) is 19.0 Å². The summed E-state index contributed by atoms with van der Waals surface area (Å²) in [5, 5.41) is 9.31. The van der Waals surface area contributed by atoms with Crippen LogP contribution in [-0.2, 0) is 4.79 Å². The Morgan fingerprint density at radius 1 is 1.12 bits per heavy atom. The standard InChI is InChI=1S/C23H22N4O4S/c1-14(2)18-13-32-23(24-18)25-20(28)12-30-19-7-5-4-6-17(19)22-26-21(27-31-22)15-8-10-16(29-3)11-9-15/h4-11,13-14H,12H2,1-3H3,(H,24,25,28). The highest BCUT2D eigenvalue weighted by molar-refractivity contribution is 7.13. The number of para-hydroxylation sites is 1. The molecular weight excluding hydrogens is 428 g/mol. The second kappa shape index (κ2) is 9.61. The molecule has 4 rings (SSSR count). The molecule has 0 radical (unpaired) electrons. The molecule has 1 amide bonds. The number of nitrogens with one attached hydrogen (secondary N) is 1. The van der Waals surface area contributed by atoms with Crippen LogP contribution in [0.15, 0.2) is 58.4 Å². The molecule has 1 N–H and O–H groups in total. The summed E-state index contributed by atoms with van der Waals surface area (Å²) in [6, 6.07) is 14.6. The van der Waals surface area contributed by atoms with Gasteiger partial charge in [-0.15, -0.1) is 11.3 Å². The minimum Gasteiger partial charge on any atom is -0.497 e. The number of hydrogen-bond donors (Lipinski definition) is 1.